The van der Waals surface area contributed by atoms with Gasteiger partial charge in [-0.15, -0.1) is 0 Å². The van der Waals surface area contributed by atoms with Gasteiger partial charge >= 0.3 is 6.09 Å². The lowest BCUT2D eigenvalue weighted by atomic mass is 9.75. The topological polar surface area (TPSA) is 79.7 Å². The molecule has 1 aromatic rings. The van der Waals surface area contributed by atoms with Gasteiger partial charge in [0.1, 0.15) is 10.9 Å². The number of piperidine rings is 1. The molecule has 7 heteroatoms. The summed E-state index contributed by atoms with van der Waals surface area (Å²) in [4.78, 5) is 29.0. The van der Waals surface area contributed by atoms with Crippen molar-refractivity contribution in [3.8, 4) is 5.75 Å². The first kappa shape index (κ1) is 15.6. The van der Waals surface area contributed by atoms with Crippen LogP contribution >= 0.6 is 11.6 Å². The molecule has 1 fully saturated rings. The highest BCUT2D eigenvalue weighted by Gasteiger charge is 2.39. The van der Waals surface area contributed by atoms with Gasteiger partial charge in [0.25, 0.3) is 0 Å². The SMILES string of the molecule is COc1cnc(Cl)c(C(=O)C2(C)CCN(C(=O)O)CC2)c1. The zero-order chi connectivity index (χ0) is 15.6. The second-order valence-corrected chi connectivity index (χ2v) is 5.73. The van der Waals surface area contributed by atoms with Gasteiger partial charge in [-0.3, -0.25) is 4.79 Å². The van der Waals surface area contributed by atoms with Crippen LogP contribution in [0.25, 0.3) is 0 Å². The van der Waals surface area contributed by atoms with Crippen LogP contribution in [0, 0.1) is 5.41 Å². The highest BCUT2D eigenvalue weighted by molar-refractivity contribution is 6.33. The summed E-state index contributed by atoms with van der Waals surface area (Å²) in [5.41, 5.74) is -0.314. The molecule has 1 amide bonds. The van der Waals surface area contributed by atoms with Crippen LogP contribution in [0.5, 0.6) is 5.75 Å². The fourth-order valence-corrected chi connectivity index (χ4v) is 2.63. The van der Waals surface area contributed by atoms with E-state index in [9.17, 15) is 9.59 Å². The number of hydrogen-bond donors (Lipinski definition) is 1. The van der Waals surface area contributed by atoms with Gasteiger partial charge in [0, 0.05) is 18.5 Å². The minimum Gasteiger partial charge on any atom is -0.495 e. The van der Waals surface area contributed by atoms with Gasteiger partial charge < -0.3 is 14.7 Å². The molecule has 114 valence electrons. The third-order valence-corrected chi connectivity index (χ3v) is 4.28. The lowest BCUT2D eigenvalue weighted by Gasteiger charge is -2.37. The predicted molar refractivity (Wildman–Crippen MR) is 77.1 cm³/mol. The number of hydrogen-bond acceptors (Lipinski definition) is 4. The molecule has 0 atom stereocenters. The Morgan fingerprint density at radius 1 is 1.43 bits per heavy atom. The maximum Gasteiger partial charge on any atom is 0.407 e. The molecule has 1 aliphatic heterocycles. The molecular formula is C14H17ClN2O4. The number of carboxylic acid groups (broad SMARTS) is 1. The van der Waals surface area contributed by atoms with E-state index < -0.39 is 11.5 Å². The molecule has 1 N–H and O–H groups in total. The summed E-state index contributed by atoms with van der Waals surface area (Å²) >= 11 is 6.02. The van der Waals surface area contributed by atoms with Crippen molar-refractivity contribution in [2.45, 2.75) is 19.8 Å². The van der Waals surface area contributed by atoms with E-state index in [1.807, 2.05) is 6.92 Å². The van der Waals surface area contributed by atoms with Crippen LogP contribution in [0.4, 0.5) is 4.79 Å². The molecule has 0 unspecified atom stereocenters. The normalized spacial score (nSPS) is 17.4. The molecule has 1 saturated heterocycles. The van der Waals surface area contributed by atoms with Crippen LogP contribution < -0.4 is 4.74 Å². The van der Waals surface area contributed by atoms with Crippen molar-refractivity contribution in [2.24, 2.45) is 5.41 Å². The summed E-state index contributed by atoms with van der Waals surface area (Å²) in [6, 6.07) is 1.58. The first-order chi connectivity index (χ1) is 9.87. The average Bonchev–Trinajstić information content (AvgIpc) is 2.47. The number of aromatic nitrogens is 1. The molecule has 0 spiro atoms. The van der Waals surface area contributed by atoms with Crippen LogP contribution in [0.15, 0.2) is 12.3 Å². The number of ketones is 1. The van der Waals surface area contributed by atoms with Gasteiger partial charge in [0.2, 0.25) is 0 Å². The Hall–Kier alpha value is -1.82. The van der Waals surface area contributed by atoms with Gasteiger partial charge in [0.15, 0.2) is 5.78 Å². The number of nitrogens with zero attached hydrogens (tertiary/aromatic N) is 2. The highest BCUT2D eigenvalue weighted by Crippen LogP contribution is 2.36. The van der Waals surface area contributed by atoms with E-state index in [1.54, 1.807) is 6.07 Å². The number of ether oxygens (including phenoxy) is 1. The van der Waals surface area contributed by atoms with Gasteiger partial charge in [0.05, 0.1) is 18.9 Å². The second-order valence-electron chi connectivity index (χ2n) is 5.37. The number of carbonyl (C=O) groups excluding carboxylic acids is 1. The van der Waals surface area contributed by atoms with Crippen molar-refractivity contribution in [2.75, 3.05) is 20.2 Å². The van der Waals surface area contributed by atoms with E-state index in [4.69, 9.17) is 21.4 Å². The molecule has 0 aliphatic carbocycles. The number of carbonyl (C=O) groups is 2. The average molecular weight is 313 g/mol. The lowest BCUT2D eigenvalue weighted by molar-refractivity contribution is 0.0631. The first-order valence-corrected chi connectivity index (χ1v) is 6.97. The van der Waals surface area contributed by atoms with Crippen molar-refractivity contribution in [1.29, 1.82) is 0 Å². The summed E-state index contributed by atoms with van der Waals surface area (Å²) in [5, 5.41) is 9.11. The number of pyridine rings is 1. The van der Waals surface area contributed by atoms with Gasteiger partial charge in [-0.1, -0.05) is 18.5 Å². The fraction of sp³-hybridized carbons (Fsp3) is 0.500. The Balaban J connectivity index is 2.22. The molecule has 2 rings (SSSR count). The van der Waals surface area contributed by atoms with Crippen molar-refractivity contribution in [3.05, 3.63) is 23.0 Å². The minimum atomic E-state index is -0.953. The van der Waals surface area contributed by atoms with E-state index in [-0.39, 0.29) is 10.9 Å². The minimum absolute atomic E-state index is 0.121. The van der Waals surface area contributed by atoms with Crippen LogP contribution in [0.1, 0.15) is 30.1 Å². The van der Waals surface area contributed by atoms with Crippen molar-refractivity contribution < 1.29 is 19.4 Å². The molecular weight excluding hydrogens is 296 g/mol. The van der Waals surface area contributed by atoms with Crippen LogP contribution in [-0.2, 0) is 0 Å². The van der Waals surface area contributed by atoms with Crippen molar-refractivity contribution in [3.63, 3.8) is 0 Å². The fourth-order valence-electron chi connectivity index (χ4n) is 2.44. The summed E-state index contributed by atoms with van der Waals surface area (Å²) in [6.45, 7) is 2.52. The van der Waals surface area contributed by atoms with E-state index in [0.717, 1.165) is 0 Å². The van der Waals surface area contributed by atoms with Gasteiger partial charge in [-0.25, -0.2) is 9.78 Å². The molecule has 6 nitrogen and oxygen atoms in total. The zero-order valence-corrected chi connectivity index (χ0v) is 12.7. The van der Waals surface area contributed by atoms with Crippen molar-refractivity contribution >= 4 is 23.5 Å². The van der Waals surface area contributed by atoms with Crippen molar-refractivity contribution in [1.82, 2.24) is 9.88 Å². The second kappa shape index (κ2) is 5.89. The number of rotatable bonds is 3. The smallest absolute Gasteiger partial charge is 0.407 e. The van der Waals surface area contributed by atoms with E-state index in [0.29, 0.717) is 37.2 Å². The Bertz CT molecular complexity index is 568. The highest BCUT2D eigenvalue weighted by atomic mass is 35.5. The monoisotopic (exact) mass is 312 g/mol. The summed E-state index contributed by atoms with van der Waals surface area (Å²) in [5.74, 6) is 0.346. The largest absolute Gasteiger partial charge is 0.495 e. The number of Topliss-reactive ketones (excluding diaryl/α,β-unsaturated/α-hetero) is 1. The van der Waals surface area contributed by atoms with E-state index >= 15 is 0 Å². The third kappa shape index (κ3) is 3.10. The van der Waals surface area contributed by atoms with Crippen LogP contribution in [-0.4, -0.2) is 47.1 Å². The Labute approximate surface area is 127 Å². The zero-order valence-electron chi connectivity index (χ0n) is 11.9. The number of halogens is 1. The number of likely N-dealkylation sites (tertiary alicyclic amines) is 1. The molecule has 0 bridgehead atoms. The maximum absolute atomic E-state index is 12.7. The number of methoxy groups -OCH3 is 1. The van der Waals surface area contributed by atoms with E-state index in [2.05, 4.69) is 4.98 Å². The Morgan fingerprint density at radius 3 is 2.57 bits per heavy atom. The molecule has 1 aromatic heterocycles. The van der Waals surface area contributed by atoms with Crippen LogP contribution in [0.3, 0.4) is 0 Å². The Kier molecular flexibility index (Phi) is 4.37. The molecule has 1 aliphatic rings. The predicted octanol–water partition coefficient (Wildman–Crippen LogP) is 2.71. The van der Waals surface area contributed by atoms with E-state index in [1.165, 1.54) is 18.2 Å². The molecule has 21 heavy (non-hydrogen) atoms. The molecule has 0 aromatic carbocycles. The van der Waals surface area contributed by atoms with Gasteiger partial charge in [-0.05, 0) is 18.9 Å². The standard InChI is InChI=1S/C14H17ClN2O4/c1-14(3-5-17(6-4-14)13(19)20)11(18)10-7-9(21-2)8-16-12(10)15/h7-8H,3-6H2,1-2H3,(H,19,20). The molecule has 0 saturated carbocycles. The number of amides is 1. The van der Waals surface area contributed by atoms with Crippen LogP contribution in [0.2, 0.25) is 5.15 Å². The quantitative estimate of drug-likeness (QED) is 0.685. The molecule has 2 heterocycles. The summed E-state index contributed by atoms with van der Waals surface area (Å²) in [7, 11) is 1.49. The maximum atomic E-state index is 12.7. The Morgan fingerprint density at radius 2 is 2.05 bits per heavy atom. The lowest BCUT2D eigenvalue weighted by Crippen LogP contribution is -2.44. The van der Waals surface area contributed by atoms with Gasteiger partial charge in [-0.2, -0.15) is 0 Å². The first-order valence-electron chi connectivity index (χ1n) is 6.59. The third-order valence-electron chi connectivity index (χ3n) is 3.98. The summed E-state index contributed by atoms with van der Waals surface area (Å²) in [6.07, 6.45) is 1.43. The summed E-state index contributed by atoms with van der Waals surface area (Å²) < 4.78 is 5.07. The molecule has 0 radical (unpaired) electrons.